The average molecular weight is 198 g/mol. The van der Waals surface area contributed by atoms with Gasteiger partial charge in [-0.3, -0.25) is 0 Å². The van der Waals surface area contributed by atoms with Gasteiger partial charge in [-0.25, -0.2) is 18.6 Å². The van der Waals surface area contributed by atoms with Gasteiger partial charge in [-0.05, 0) is 12.1 Å². The molecule has 0 unspecified atom stereocenters. The maximum atomic E-state index is 12.3. The summed E-state index contributed by atoms with van der Waals surface area (Å²) in [6.45, 7) is 0. The summed E-state index contributed by atoms with van der Waals surface area (Å²) < 4.78 is 24.5. The van der Waals surface area contributed by atoms with Gasteiger partial charge in [0.2, 0.25) is 0 Å². The van der Waals surface area contributed by atoms with Gasteiger partial charge < -0.3 is 5.11 Å². The van der Waals surface area contributed by atoms with Gasteiger partial charge in [-0.1, -0.05) is 0 Å². The molecule has 6 heteroatoms. The molecule has 0 bridgehead atoms. The van der Waals surface area contributed by atoms with Crippen LogP contribution in [0.25, 0.3) is 0 Å². The van der Waals surface area contributed by atoms with Crippen molar-refractivity contribution in [3.05, 3.63) is 29.1 Å². The predicted octanol–water partition coefficient (Wildman–Crippen LogP) is 1.59. The third kappa shape index (κ3) is 1.82. The first-order valence-electron chi connectivity index (χ1n) is 3.48. The Balaban J connectivity index is 3.33. The first kappa shape index (κ1) is 10.1. The number of alkyl halides is 2. The highest BCUT2D eigenvalue weighted by molar-refractivity contribution is 5.89. The third-order valence-corrected chi connectivity index (χ3v) is 1.48. The number of carboxylic acid groups (broad SMARTS) is 1. The number of nitrogens with zero attached hydrogens (tertiary/aromatic N) is 2. The minimum atomic E-state index is -3.01. The first-order valence-corrected chi connectivity index (χ1v) is 3.48. The minimum absolute atomic E-state index is 0.231. The maximum absolute atomic E-state index is 12.3. The van der Waals surface area contributed by atoms with E-state index in [-0.39, 0.29) is 5.69 Å². The van der Waals surface area contributed by atoms with Gasteiger partial charge in [0.1, 0.15) is 17.5 Å². The minimum Gasteiger partial charge on any atom is -0.478 e. The van der Waals surface area contributed by atoms with Gasteiger partial charge in [0, 0.05) is 0 Å². The molecular weight excluding hydrogens is 194 g/mol. The van der Waals surface area contributed by atoms with E-state index in [1.165, 1.54) is 0 Å². The summed E-state index contributed by atoms with van der Waals surface area (Å²) in [4.78, 5) is 13.7. The maximum Gasteiger partial charge on any atom is 0.337 e. The smallest absolute Gasteiger partial charge is 0.337 e. The molecule has 1 N–H and O–H groups in total. The molecule has 1 rings (SSSR count). The Morgan fingerprint density at radius 3 is 2.64 bits per heavy atom. The Morgan fingerprint density at radius 1 is 1.57 bits per heavy atom. The fourth-order valence-electron chi connectivity index (χ4n) is 0.884. The summed E-state index contributed by atoms with van der Waals surface area (Å²) in [7, 11) is 0. The normalized spacial score (nSPS) is 9.86. The van der Waals surface area contributed by atoms with Crippen molar-refractivity contribution in [2.45, 2.75) is 6.43 Å². The standard InChI is InChI=1S/C8H4F2N2O2/c9-7(10)6-5(8(13)14)2-1-4(3-11)12-6/h1-2,7H,(H,13,14). The average Bonchev–Trinajstić information content (AvgIpc) is 2.16. The molecule has 0 radical (unpaired) electrons. The highest BCUT2D eigenvalue weighted by atomic mass is 19.3. The lowest BCUT2D eigenvalue weighted by Gasteiger charge is -2.03. The SMILES string of the molecule is N#Cc1ccc(C(=O)O)c(C(F)F)n1. The monoisotopic (exact) mass is 198 g/mol. The van der Waals surface area contributed by atoms with E-state index in [2.05, 4.69) is 4.98 Å². The number of aromatic carboxylic acids is 1. The predicted molar refractivity (Wildman–Crippen MR) is 40.9 cm³/mol. The van der Waals surface area contributed by atoms with Crippen molar-refractivity contribution in [3.8, 4) is 6.07 Å². The van der Waals surface area contributed by atoms with Crippen molar-refractivity contribution in [2.24, 2.45) is 0 Å². The van der Waals surface area contributed by atoms with Crippen molar-refractivity contribution >= 4 is 5.97 Å². The topological polar surface area (TPSA) is 74.0 Å². The van der Waals surface area contributed by atoms with Crippen LogP contribution in [0, 0.1) is 11.3 Å². The van der Waals surface area contributed by atoms with Gasteiger partial charge in [-0.15, -0.1) is 0 Å². The molecule has 1 aromatic heterocycles. The van der Waals surface area contributed by atoms with Crippen LogP contribution >= 0.6 is 0 Å². The lowest BCUT2D eigenvalue weighted by molar-refractivity contribution is 0.0682. The van der Waals surface area contributed by atoms with E-state index in [1.807, 2.05) is 0 Å². The molecule has 0 aliphatic carbocycles. The molecule has 0 atom stereocenters. The zero-order chi connectivity index (χ0) is 10.7. The molecule has 1 aromatic rings. The Morgan fingerprint density at radius 2 is 2.21 bits per heavy atom. The van der Waals surface area contributed by atoms with Crippen LogP contribution in [0.3, 0.4) is 0 Å². The third-order valence-electron chi connectivity index (χ3n) is 1.48. The molecule has 4 nitrogen and oxygen atoms in total. The van der Waals surface area contributed by atoms with E-state index in [0.717, 1.165) is 12.1 Å². The van der Waals surface area contributed by atoms with Crippen LogP contribution in [0.4, 0.5) is 8.78 Å². The Bertz CT molecular complexity index is 412. The quantitative estimate of drug-likeness (QED) is 0.782. The highest BCUT2D eigenvalue weighted by Crippen LogP contribution is 2.21. The van der Waals surface area contributed by atoms with E-state index in [9.17, 15) is 13.6 Å². The number of nitriles is 1. The van der Waals surface area contributed by atoms with Crippen LogP contribution in [0.15, 0.2) is 12.1 Å². The number of carbonyl (C=O) groups is 1. The molecule has 0 amide bonds. The van der Waals surface area contributed by atoms with Crippen molar-refractivity contribution in [2.75, 3.05) is 0 Å². The molecule has 1 heterocycles. The lowest BCUT2D eigenvalue weighted by Crippen LogP contribution is -2.06. The number of rotatable bonds is 2. The summed E-state index contributed by atoms with van der Waals surface area (Å²) >= 11 is 0. The second-order valence-corrected chi connectivity index (χ2v) is 2.35. The van der Waals surface area contributed by atoms with Gasteiger partial charge in [-0.2, -0.15) is 5.26 Å². The van der Waals surface area contributed by atoms with Gasteiger partial charge in [0.15, 0.2) is 0 Å². The fraction of sp³-hybridized carbons (Fsp3) is 0.125. The number of aromatic nitrogens is 1. The van der Waals surface area contributed by atoms with Crippen molar-refractivity contribution < 1.29 is 18.7 Å². The summed E-state index contributed by atoms with van der Waals surface area (Å²) in [5, 5.41) is 16.9. The van der Waals surface area contributed by atoms with Gasteiger partial charge in [0.25, 0.3) is 6.43 Å². The van der Waals surface area contributed by atoms with Crippen molar-refractivity contribution in [1.29, 1.82) is 5.26 Å². The van der Waals surface area contributed by atoms with Gasteiger partial charge >= 0.3 is 5.97 Å². The summed E-state index contributed by atoms with van der Waals surface area (Å²) in [5.74, 6) is -1.49. The van der Waals surface area contributed by atoms with E-state index in [0.29, 0.717) is 0 Å². The fourth-order valence-corrected chi connectivity index (χ4v) is 0.884. The van der Waals surface area contributed by atoms with Crippen LogP contribution in [0.5, 0.6) is 0 Å². The van der Waals surface area contributed by atoms with Gasteiger partial charge in [0.05, 0.1) is 5.56 Å². The Hall–Kier alpha value is -2.03. The zero-order valence-electron chi connectivity index (χ0n) is 6.74. The molecule has 14 heavy (non-hydrogen) atoms. The van der Waals surface area contributed by atoms with E-state index in [4.69, 9.17) is 10.4 Å². The van der Waals surface area contributed by atoms with Crippen LogP contribution in [-0.4, -0.2) is 16.1 Å². The second-order valence-electron chi connectivity index (χ2n) is 2.35. The second kappa shape index (κ2) is 3.79. The van der Waals surface area contributed by atoms with Crippen molar-refractivity contribution in [1.82, 2.24) is 4.98 Å². The van der Waals surface area contributed by atoms with E-state index >= 15 is 0 Å². The molecule has 0 saturated carbocycles. The number of hydrogen-bond acceptors (Lipinski definition) is 3. The van der Waals surface area contributed by atoms with Crippen molar-refractivity contribution in [3.63, 3.8) is 0 Å². The van der Waals surface area contributed by atoms with E-state index in [1.54, 1.807) is 6.07 Å². The molecule has 0 aliphatic rings. The number of pyridine rings is 1. The lowest BCUT2D eigenvalue weighted by atomic mass is 10.2. The molecular formula is C8H4F2N2O2. The molecule has 0 spiro atoms. The number of hydrogen-bond donors (Lipinski definition) is 1. The molecule has 0 aliphatic heterocycles. The first-order chi connectivity index (χ1) is 6.56. The van der Waals surface area contributed by atoms with Crippen LogP contribution < -0.4 is 0 Å². The van der Waals surface area contributed by atoms with Crippen LogP contribution in [0.2, 0.25) is 0 Å². The largest absolute Gasteiger partial charge is 0.478 e. The Kier molecular flexibility index (Phi) is 2.72. The Labute approximate surface area is 77.4 Å². The van der Waals surface area contributed by atoms with Crippen LogP contribution in [-0.2, 0) is 0 Å². The zero-order valence-corrected chi connectivity index (χ0v) is 6.74. The molecule has 0 aromatic carbocycles. The summed E-state index contributed by atoms with van der Waals surface area (Å²) in [6, 6.07) is 3.57. The summed E-state index contributed by atoms with van der Waals surface area (Å²) in [6.07, 6.45) is -3.01. The number of carboxylic acids is 1. The molecule has 72 valence electrons. The number of halogens is 2. The summed E-state index contributed by atoms with van der Waals surface area (Å²) in [5.41, 5.74) is -1.69. The highest BCUT2D eigenvalue weighted by Gasteiger charge is 2.19. The molecule has 0 fully saturated rings. The molecule has 0 saturated heterocycles. The van der Waals surface area contributed by atoms with E-state index < -0.39 is 23.7 Å². The van der Waals surface area contributed by atoms with Crippen LogP contribution in [0.1, 0.15) is 28.2 Å².